The average molecular weight is 665 g/mol. The first kappa shape index (κ1) is 35.0. The van der Waals surface area contributed by atoms with Gasteiger partial charge >= 0.3 is 0 Å². The Morgan fingerprint density at radius 1 is 0.520 bits per heavy atom. The monoisotopic (exact) mass is 664 g/mol. The fourth-order valence-corrected chi connectivity index (χ4v) is 7.18. The van der Waals surface area contributed by atoms with Crippen LogP contribution in [0.5, 0.6) is 11.5 Å². The Kier molecular flexibility index (Phi) is 11.1. The number of unbranched alkanes of at least 4 members (excludes halogenated alkanes) is 6. The number of benzene rings is 5. The summed E-state index contributed by atoms with van der Waals surface area (Å²) in [5.41, 5.74) is 11.7. The summed E-state index contributed by atoms with van der Waals surface area (Å²) < 4.78 is 0. The predicted octanol–water partition coefficient (Wildman–Crippen LogP) is 12.9. The highest BCUT2D eigenvalue weighted by atomic mass is 16.3. The standard InChI is InChI=1S/C46H52N2O2/c1-5-7-9-11-13-33-15-25-38(26-16-33)48(39-27-17-34(18-28-39)14-12-10-8-6-2)40-29-23-36(24-30-40)35-19-21-37(22-20-35)45-46(3,4)41-31-43(49)44(50)32-42(41)47-45/h15-32,49-50H,5-14H2,1-4H3. The number of fused-ring (bicyclic) bond motifs is 1. The van der Waals surface area contributed by atoms with E-state index in [9.17, 15) is 10.2 Å². The molecule has 4 heteroatoms. The quantitative estimate of drug-likeness (QED) is 0.0865. The summed E-state index contributed by atoms with van der Waals surface area (Å²) in [5.74, 6) is -0.262. The molecular weight excluding hydrogens is 613 g/mol. The van der Waals surface area contributed by atoms with Crippen molar-refractivity contribution < 1.29 is 10.2 Å². The fraction of sp³-hybridized carbons (Fsp3) is 0.326. The van der Waals surface area contributed by atoms with Crippen molar-refractivity contribution in [1.82, 2.24) is 0 Å². The van der Waals surface area contributed by atoms with E-state index >= 15 is 0 Å². The molecule has 1 aliphatic heterocycles. The molecule has 0 unspecified atom stereocenters. The number of hydrogen-bond acceptors (Lipinski definition) is 4. The normalized spacial score (nSPS) is 13.2. The van der Waals surface area contributed by atoms with Gasteiger partial charge in [0.2, 0.25) is 0 Å². The second kappa shape index (κ2) is 15.8. The first-order valence-electron chi connectivity index (χ1n) is 18.6. The number of hydrogen-bond donors (Lipinski definition) is 2. The number of anilines is 3. The average Bonchev–Trinajstić information content (AvgIpc) is 3.39. The predicted molar refractivity (Wildman–Crippen MR) is 211 cm³/mol. The van der Waals surface area contributed by atoms with Crippen LogP contribution < -0.4 is 4.90 Å². The lowest BCUT2D eigenvalue weighted by atomic mass is 9.78. The number of phenolic OH excluding ortho intramolecular Hbond substituents is 2. The van der Waals surface area contributed by atoms with Crippen molar-refractivity contribution in [1.29, 1.82) is 0 Å². The Labute approximate surface area is 299 Å². The minimum atomic E-state index is -0.395. The molecule has 258 valence electrons. The Balaban J connectivity index is 1.23. The van der Waals surface area contributed by atoms with Crippen LogP contribution in [-0.2, 0) is 18.3 Å². The maximum atomic E-state index is 10.1. The van der Waals surface area contributed by atoms with Gasteiger partial charge in [0.05, 0.1) is 11.4 Å². The highest BCUT2D eigenvalue weighted by Crippen LogP contribution is 2.46. The van der Waals surface area contributed by atoms with Gasteiger partial charge in [-0.1, -0.05) is 127 Å². The smallest absolute Gasteiger partial charge is 0.159 e. The van der Waals surface area contributed by atoms with Crippen LogP contribution in [0.3, 0.4) is 0 Å². The van der Waals surface area contributed by atoms with Gasteiger partial charge in [-0.2, -0.15) is 0 Å². The number of phenols is 2. The van der Waals surface area contributed by atoms with E-state index in [4.69, 9.17) is 4.99 Å². The number of rotatable bonds is 15. The molecule has 4 nitrogen and oxygen atoms in total. The van der Waals surface area contributed by atoms with Gasteiger partial charge in [-0.3, -0.25) is 4.99 Å². The van der Waals surface area contributed by atoms with Gasteiger partial charge in [0.15, 0.2) is 11.5 Å². The van der Waals surface area contributed by atoms with Crippen molar-refractivity contribution in [3.05, 3.63) is 131 Å². The summed E-state index contributed by atoms with van der Waals surface area (Å²) in [6, 6.07) is 38.9. The molecule has 0 radical (unpaired) electrons. The Hall–Kier alpha value is -4.83. The number of aryl methyl sites for hydroxylation is 2. The largest absolute Gasteiger partial charge is 0.504 e. The molecule has 1 aliphatic rings. The van der Waals surface area contributed by atoms with Crippen LogP contribution in [-0.4, -0.2) is 15.9 Å². The van der Waals surface area contributed by atoms with E-state index in [1.807, 2.05) is 0 Å². The van der Waals surface area contributed by atoms with Crippen molar-refractivity contribution in [2.24, 2.45) is 4.99 Å². The van der Waals surface area contributed by atoms with Crippen LogP contribution in [0.25, 0.3) is 11.1 Å². The van der Waals surface area contributed by atoms with Crippen LogP contribution in [0.4, 0.5) is 22.7 Å². The maximum Gasteiger partial charge on any atom is 0.159 e. The molecule has 0 amide bonds. The topological polar surface area (TPSA) is 56.1 Å². The van der Waals surface area contributed by atoms with Gasteiger partial charge in [0.1, 0.15) is 0 Å². The second-order valence-corrected chi connectivity index (χ2v) is 14.4. The van der Waals surface area contributed by atoms with Gasteiger partial charge in [0.25, 0.3) is 0 Å². The highest BCUT2D eigenvalue weighted by Gasteiger charge is 2.36. The molecule has 2 N–H and O–H groups in total. The summed E-state index contributed by atoms with van der Waals surface area (Å²) in [5, 5.41) is 20.2. The Morgan fingerprint density at radius 3 is 1.42 bits per heavy atom. The minimum Gasteiger partial charge on any atom is -0.504 e. The lowest BCUT2D eigenvalue weighted by Crippen LogP contribution is -2.26. The molecule has 0 aliphatic carbocycles. The molecule has 50 heavy (non-hydrogen) atoms. The van der Waals surface area contributed by atoms with E-state index in [2.05, 4.69) is 130 Å². The molecule has 6 rings (SSSR count). The van der Waals surface area contributed by atoms with E-state index in [0.717, 1.165) is 57.9 Å². The zero-order valence-electron chi connectivity index (χ0n) is 30.3. The van der Waals surface area contributed by atoms with Crippen molar-refractivity contribution in [3.63, 3.8) is 0 Å². The third-order valence-corrected chi connectivity index (χ3v) is 10.2. The van der Waals surface area contributed by atoms with Crippen LogP contribution in [0, 0.1) is 0 Å². The molecule has 1 heterocycles. The molecular formula is C46H52N2O2. The lowest BCUT2D eigenvalue weighted by Gasteiger charge is -2.26. The van der Waals surface area contributed by atoms with Gasteiger partial charge in [0, 0.05) is 28.5 Å². The fourth-order valence-electron chi connectivity index (χ4n) is 7.18. The van der Waals surface area contributed by atoms with E-state index in [-0.39, 0.29) is 11.5 Å². The third kappa shape index (κ3) is 7.81. The summed E-state index contributed by atoms with van der Waals surface area (Å²) in [7, 11) is 0. The summed E-state index contributed by atoms with van der Waals surface area (Å²) in [4.78, 5) is 7.23. The minimum absolute atomic E-state index is 0.115. The van der Waals surface area contributed by atoms with E-state index in [1.165, 1.54) is 62.5 Å². The Morgan fingerprint density at radius 2 is 0.940 bits per heavy atom. The zero-order valence-corrected chi connectivity index (χ0v) is 30.3. The van der Waals surface area contributed by atoms with Crippen molar-refractivity contribution in [2.75, 3.05) is 4.90 Å². The second-order valence-electron chi connectivity index (χ2n) is 14.4. The third-order valence-electron chi connectivity index (χ3n) is 10.2. The van der Waals surface area contributed by atoms with Crippen LogP contribution in [0.15, 0.2) is 114 Å². The van der Waals surface area contributed by atoms with Crippen LogP contribution in [0.2, 0.25) is 0 Å². The first-order chi connectivity index (χ1) is 24.3. The van der Waals surface area contributed by atoms with Crippen molar-refractivity contribution >= 4 is 28.5 Å². The molecule has 0 fully saturated rings. The van der Waals surface area contributed by atoms with E-state index in [0.29, 0.717) is 5.69 Å². The SMILES string of the molecule is CCCCCCc1ccc(N(c2ccc(CCCCCC)cc2)c2ccc(-c3ccc(C4=Nc5cc(O)c(O)cc5C4(C)C)cc3)cc2)cc1. The van der Waals surface area contributed by atoms with Gasteiger partial charge in [-0.25, -0.2) is 0 Å². The molecule has 0 atom stereocenters. The van der Waals surface area contributed by atoms with Gasteiger partial charge < -0.3 is 15.1 Å². The van der Waals surface area contributed by atoms with Crippen molar-refractivity contribution in [3.8, 4) is 22.6 Å². The summed E-state index contributed by atoms with van der Waals surface area (Å²) >= 11 is 0. The van der Waals surface area contributed by atoms with Crippen LogP contribution in [0.1, 0.15) is 101 Å². The zero-order chi connectivity index (χ0) is 35.1. The van der Waals surface area contributed by atoms with Gasteiger partial charge in [-0.05, 0) is 102 Å². The first-order valence-corrected chi connectivity index (χ1v) is 18.6. The molecule has 0 spiro atoms. The lowest BCUT2D eigenvalue weighted by molar-refractivity contribution is 0.403. The van der Waals surface area contributed by atoms with Crippen molar-refractivity contribution in [2.45, 2.75) is 97.3 Å². The Bertz CT molecular complexity index is 1830. The molecule has 0 saturated carbocycles. The van der Waals surface area contributed by atoms with Crippen LogP contribution >= 0.6 is 0 Å². The maximum absolute atomic E-state index is 10.1. The molecule has 5 aromatic rings. The highest BCUT2D eigenvalue weighted by molar-refractivity contribution is 6.12. The summed E-state index contributed by atoms with van der Waals surface area (Å²) in [6.45, 7) is 8.74. The summed E-state index contributed by atoms with van der Waals surface area (Å²) in [6.07, 6.45) is 12.5. The van der Waals surface area contributed by atoms with E-state index in [1.54, 1.807) is 12.1 Å². The van der Waals surface area contributed by atoms with Gasteiger partial charge in [-0.15, -0.1) is 0 Å². The number of aliphatic imine (C=N–C) groups is 1. The van der Waals surface area contributed by atoms with E-state index < -0.39 is 5.41 Å². The molecule has 0 bridgehead atoms. The molecule has 0 aromatic heterocycles. The molecule has 5 aromatic carbocycles. The number of nitrogens with zero attached hydrogens (tertiary/aromatic N) is 2. The number of aromatic hydroxyl groups is 2. The molecule has 0 saturated heterocycles.